The third-order valence-corrected chi connectivity index (χ3v) is 3.44. The van der Waals surface area contributed by atoms with Crippen molar-refractivity contribution in [3.63, 3.8) is 0 Å². The predicted molar refractivity (Wildman–Crippen MR) is 83.0 cm³/mol. The summed E-state index contributed by atoms with van der Waals surface area (Å²) in [7, 11) is 0. The van der Waals surface area contributed by atoms with E-state index in [-0.39, 0.29) is 0 Å². The Morgan fingerprint density at radius 3 is 2.62 bits per heavy atom. The lowest BCUT2D eigenvalue weighted by molar-refractivity contribution is 0.685. The van der Waals surface area contributed by atoms with E-state index in [0.717, 1.165) is 25.3 Å². The molecule has 0 saturated carbocycles. The Hall–Kier alpha value is -2.56. The van der Waals surface area contributed by atoms with Crippen LogP contribution in [0.1, 0.15) is 18.1 Å². The lowest BCUT2D eigenvalue weighted by Gasteiger charge is -2.07. The van der Waals surface area contributed by atoms with Crippen molar-refractivity contribution in [3.05, 3.63) is 66.5 Å². The SMILES string of the molecule is CCn1ccc(CNc2ccc(Cn3cncn3)cc2)c1. The van der Waals surface area contributed by atoms with Crippen LogP contribution in [-0.4, -0.2) is 19.3 Å². The third-order valence-electron chi connectivity index (χ3n) is 3.44. The molecule has 21 heavy (non-hydrogen) atoms. The van der Waals surface area contributed by atoms with Crippen LogP contribution >= 0.6 is 0 Å². The molecule has 0 aliphatic heterocycles. The summed E-state index contributed by atoms with van der Waals surface area (Å²) in [5, 5.41) is 7.54. The van der Waals surface area contributed by atoms with Crippen molar-refractivity contribution in [2.24, 2.45) is 0 Å². The number of anilines is 1. The molecule has 0 amide bonds. The third kappa shape index (κ3) is 3.51. The Kier molecular flexibility index (Phi) is 4.00. The highest BCUT2D eigenvalue weighted by atomic mass is 15.3. The van der Waals surface area contributed by atoms with Gasteiger partial charge in [0.25, 0.3) is 0 Å². The fourth-order valence-corrected chi connectivity index (χ4v) is 2.23. The first-order chi connectivity index (χ1) is 10.3. The standard InChI is InChI=1S/C16H19N5/c1-2-20-8-7-15(10-20)9-18-16-5-3-14(4-6-16)11-21-13-17-12-19-21/h3-8,10,12-13,18H,2,9,11H2,1H3. The second-order valence-corrected chi connectivity index (χ2v) is 4.99. The monoisotopic (exact) mass is 281 g/mol. The van der Waals surface area contributed by atoms with Crippen LogP contribution in [0.25, 0.3) is 0 Å². The molecule has 2 aromatic heterocycles. The summed E-state index contributed by atoms with van der Waals surface area (Å²) in [6.45, 7) is 4.75. The van der Waals surface area contributed by atoms with Crippen molar-refractivity contribution in [3.8, 4) is 0 Å². The largest absolute Gasteiger partial charge is 0.381 e. The van der Waals surface area contributed by atoms with Gasteiger partial charge < -0.3 is 9.88 Å². The number of hydrogen-bond donors (Lipinski definition) is 1. The Morgan fingerprint density at radius 1 is 1.10 bits per heavy atom. The van der Waals surface area contributed by atoms with E-state index in [2.05, 4.69) is 69.6 Å². The van der Waals surface area contributed by atoms with Gasteiger partial charge in [-0.3, -0.25) is 0 Å². The first kappa shape index (κ1) is 13.4. The Morgan fingerprint density at radius 2 is 1.95 bits per heavy atom. The maximum absolute atomic E-state index is 4.11. The number of nitrogens with zero attached hydrogens (tertiary/aromatic N) is 4. The van der Waals surface area contributed by atoms with Gasteiger partial charge in [-0.05, 0) is 36.2 Å². The number of benzene rings is 1. The molecule has 0 bridgehead atoms. The molecule has 1 aromatic carbocycles. The van der Waals surface area contributed by atoms with E-state index in [0.29, 0.717) is 0 Å². The fraction of sp³-hybridized carbons (Fsp3) is 0.250. The van der Waals surface area contributed by atoms with Gasteiger partial charge in [-0.1, -0.05) is 12.1 Å². The summed E-state index contributed by atoms with van der Waals surface area (Å²) < 4.78 is 3.99. The number of hydrogen-bond acceptors (Lipinski definition) is 3. The van der Waals surface area contributed by atoms with E-state index in [1.54, 1.807) is 12.7 Å². The van der Waals surface area contributed by atoms with Crippen molar-refractivity contribution in [2.45, 2.75) is 26.6 Å². The van der Waals surface area contributed by atoms with Gasteiger partial charge in [0.05, 0.1) is 6.54 Å². The minimum absolute atomic E-state index is 0.750. The summed E-state index contributed by atoms with van der Waals surface area (Å²) in [5.41, 5.74) is 3.63. The fourth-order valence-electron chi connectivity index (χ4n) is 2.23. The van der Waals surface area contributed by atoms with Crippen LogP contribution < -0.4 is 5.32 Å². The first-order valence-electron chi connectivity index (χ1n) is 7.13. The highest BCUT2D eigenvalue weighted by molar-refractivity contribution is 5.45. The maximum Gasteiger partial charge on any atom is 0.137 e. The van der Waals surface area contributed by atoms with Crippen LogP contribution in [0.15, 0.2) is 55.4 Å². The minimum atomic E-state index is 0.750. The average molecular weight is 281 g/mol. The van der Waals surface area contributed by atoms with Crippen LogP contribution in [0.5, 0.6) is 0 Å². The summed E-state index contributed by atoms with van der Waals surface area (Å²) >= 11 is 0. The van der Waals surface area contributed by atoms with Gasteiger partial charge in [-0.2, -0.15) is 5.10 Å². The molecule has 0 spiro atoms. The normalized spacial score (nSPS) is 10.7. The summed E-state index contributed by atoms with van der Waals surface area (Å²) in [5.74, 6) is 0. The number of rotatable bonds is 6. The van der Waals surface area contributed by atoms with E-state index in [1.165, 1.54) is 11.1 Å². The van der Waals surface area contributed by atoms with Crippen molar-refractivity contribution in [2.75, 3.05) is 5.32 Å². The molecule has 0 atom stereocenters. The van der Waals surface area contributed by atoms with Crippen molar-refractivity contribution >= 4 is 5.69 Å². The predicted octanol–water partition coefficient (Wildman–Crippen LogP) is 2.76. The molecule has 3 rings (SSSR count). The maximum atomic E-state index is 4.11. The molecule has 1 N–H and O–H groups in total. The zero-order chi connectivity index (χ0) is 14.5. The number of nitrogens with one attached hydrogen (secondary N) is 1. The molecule has 5 nitrogen and oxygen atoms in total. The highest BCUT2D eigenvalue weighted by Crippen LogP contribution is 2.12. The molecule has 108 valence electrons. The van der Waals surface area contributed by atoms with E-state index >= 15 is 0 Å². The quantitative estimate of drug-likeness (QED) is 0.756. The van der Waals surface area contributed by atoms with Gasteiger partial charge in [-0.25, -0.2) is 9.67 Å². The van der Waals surface area contributed by atoms with Gasteiger partial charge >= 0.3 is 0 Å². The topological polar surface area (TPSA) is 47.7 Å². The van der Waals surface area contributed by atoms with E-state index in [9.17, 15) is 0 Å². The minimum Gasteiger partial charge on any atom is -0.381 e. The molecule has 0 aliphatic rings. The van der Waals surface area contributed by atoms with Gasteiger partial charge in [0, 0.05) is 31.2 Å². The molecule has 0 radical (unpaired) electrons. The van der Waals surface area contributed by atoms with Crippen molar-refractivity contribution in [1.82, 2.24) is 19.3 Å². The molecular formula is C16H19N5. The van der Waals surface area contributed by atoms with Crippen LogP contribution in [0.3, 0.4) is 0 Å². The summed E-state index contributed by atoms with van der Waals surface area (Å²) in [4.78, 5) is 3.95. The molecule has 0 fully saturated rings. The molecule has 3 aromatic rings. The molecule has 0 aliphatic carbocycles. The zero-order valence-corrected chi connectivity index (χ0v) is 12.1. The van der Waals surface area contributed by atoms with Crippen LogP contribution in [0, 0.1) is 0 Å². The van der Waals surface area contributed by atoms with Crippen LogP contribution in [-0.2, 0) is 19.6 Å². The average Bonchev–Trinajstić information content (AvgIpc) is 3.18. The lowest BCUT2D eigenvalue weighted by atomic mass is 10.2. The zero-order valence-electron chi connectivity index (χ0n) is 12.1. The highest BCUT2D eigenvalue weighted by Gasteiger charge is 1.99. The molecule has 0 unspecified atom stereocenters. The summed E-state index contributed by atoms with van der Waals surface area (Å²) in [6, 6.07) is 10.6. The van der Waals surface area contributed by atoms with Crippen molar-refractivity contribution in [1.29, 1.82) is 0 Å². The van der Waals surface area contributed by atoms with Gasteiger partial charge in [0.2, 0.25) is 0 Å². The Bertz CT molecular complexity index is 667. The molecule has 2 heterocycles. The number of aryl methyl sites for hydroxylation is 1. The Labute approximate surface area is 124 Å². The van der Waals surface area contributed by atoms with E-state index < -0.39 is 0 Å². The number of aromatic nitrogens is 4. The smallest absolute Gasteiger partial charge is 0.137 e. The molecule has 0 saturated heterocycles. The second kappa shape index (κ2) is 6.26. The van der Waals surface area contributed by atoms with E-state index in [4.69, 9.17) is 0 Å². The van der Waals surface area contributed by atoms with Crippen LogP contribution in [0.4, 0.5) is 5.69 Å². The van der Waals surface area contributed by atoms with E-state index in [1.807, 2.05) is 4.68 Å². The first-order valence-corrected chi connectivity index (χ1v) is 7.13. The van der Waals surface area contributed by atoms with Crippen molar-refractivity contribution < 1.29 is 0 Å². The van der Waals surface area contributed by atoms with Gasteiger partial charge in [0.15, 0.2) is 0 Å². The van der Waals surface area contributed by atoms with Gasteiger partial charge in [0.1, 0.15) is 12.7 Å². The molecule has 5 heteroatoms. The van der Waals surface area contributed by atoms with Gasteiger partial charge in [-0.15, -0.1) is 0 Å². The summed E-state index contributed by atoms with van der Waals surface area (Å²) in [6.07, 6.45) is 7.56. The van der Waals surface area contributed by atoms with Crippen LogP contribution in [0.2, 0.25) is 0 Å². The Balaban J connectivity index is 1.56. The second-order valence-electron chi connectivity index (χ2n) is 4.99. The lowest BCUT2D eigenvalue weighted by Crippen LogP contribution is -2.01. The molecular weight excluding hydrogens is 262 g/mol.